The summed E-state index contributed by atoms with van der Waals surface area (Å²) in [5.74, 6) is -0.145. The van der Waals surface area contributed by atoms with E-state index in [1.165, 1.54) is 0 Å². The summed E-state index contributed by atoms with van der Waals surface area (Å²) in [4.78, 5) is 25.9. The van der Waals surface area contributed by atoms with Crippen molar-refractivity contribution in [1.82, 2.24) is 10.2 Å². The molecule has 1 aliphatic carbocycles. The van der Waals surface area contributed by atoms with Gasteiger partial charge < -0.3 is 25.5 Å². The van der Waals surface area contributed by atoms with Crippen LogP contribution in [0.5, 0.6) is 0 Å². The first-order valence-electron chi connectivity index (χ1n) is 7.48. The van der Waals surface area contributed by atoms with Gasteiger partial charge in [0.2, 0.25) is 11.8 Å². The predicted molar refractivity (Wildman–Crippen MR) is 74.2 cm³/mol. The fourth-order valence-electron chi connectivity index (χ4n) is 2.58. The van der Waals surface area contributed by atoms with Crippen molar-refractivity contribution >= 4 is 11.8 Å². The highest BCUT2D eigenvalue weighted by molar-refractivity contribution is 5.82. The minimum Gasteiger partial charge on any atom is -0.394 e. The lowest BCUT2D eigenvalue weighted by Gasteiger charge is -2.35. The minimum absolute atomic E-state index is 0.196. The van der Waals surface area contributed by atoms with Crippen LogP contribution >= 0.6 is 0 Å². The highest BCUT2D eigenvalue weighted by Crippen LogP contribution is 2.32. The van der Waals surface area contributed by atoms with Crippen molar-refractivity contribution < 1.29 is 24.9 Å². The van der Waals surface area contributed by atoms with Crippen molar-refractivity contribution in [3.63, 3.8) is 0 Å². The number of hydrogen-bond acceptors (Lipinski definition) is 5. The molecule has 7 nitrogen and oxygen atoms in total. The highest BCUT2D eigenvalue weighted by Gasteiger charge is 2.37. The number of nitrogens with zero attached hydrogens (tertiary/aromatic N) is 1. The third-order valence-electron chi connectivity index (χ3n) is 4.40. The highest BCUT2D eigenvalue weighted by atomic mass is 16.3. The number of likely N-dealkylation sites (tertiary alicyclic amines) is 1. The quantitative estimate of drug-likeness (QED) is 0.475. The Bertz CT molecular complexity index is 377. The van der Waals surface area contributed by atoms with E-state index < -0.39 is 25.4 Å². The minimum atomic E-state index is -1.38. The Morgan fingerprint density at radius 1 is 0.952 bits per heavy atom. The Hall–Kier alpha value is -1.18. The molecule has 2 amide bonds. The van der Waals surface area contributed by atoms with E-state index in [4.69, 9.17) is 0 Å². The van der Waals surface area contributed by atoms with E-state index in [1.54, 1.807) is 0 Å². The summed E-state index contributed by atoms with van der Waals surface area (Å²) in [6.07, 6.45) is 3.10. The fraction of sp³-hybridized carbons (Fsp3) is 0.857. The summed E-state index contributed by atoms with van der Waals surface area (Å²) in [5, 5.41) is 30.2. The average Bonchev–Trinajstić information content (AvgIpc) is 3.37. The number of nitrogens with one attached hydrogen (secondary N) is 1. The lowest BCUT2D eigenvalue weighted by atomic mass is 9.93. The molecule has 1 aliphatic heterocycles. The predicted octanol–water partition coefficient (Wildman–Crippen LogP) is -1.53. The smallest absolute Gasteiger partial charge is 0.225 e. The summed E-state index contributed by atoms with van der Waals surface area (Å²) in [5.41, 5.74) is -1.38. The first-order chi connectivity index (χ1) is 10.0. The van der Waals surface area contributed by atoms with E-state index in [1.807, 2.05) is 4.90 Å². The second-order valence-electron chi connectivity index (χ2n) is 6.12. The zero-order chi connectivity index (χ0) is 15.5. The van der Waals surface area contributed by atoms with Gasteiger partial charge in [0.05, 0.1) is 19.8 Å². The zero-order valence-corrected chi connectivity index (χ0v) is 12.1. The summed E-state index contributed by atoms with van der Waals surface area (Å²) in [6, 6.07) is 0. The molecule has 7 heteroatoms. The van der Waals surface area contributed by atoms with Crippen LogP contribution in [-0.2, 0) is 9.59 Å². The van der Waals surface area contributed by atoms with Crippen LogP contribution in [0, 0.1) is 11.8 Å². The number of rotatable bonds is 6. The van der Waals surface area contributed by atoms with E-state index in [9.17, 15) is 24.9 Å². The van der Waals surface area contributed by atoms with E-state index in [0.717, 1.165) is 12.8 Å². The molecular formula is C14H24N2O5. The maximum atomic E-state index is 12.2. The van der Waals surface area contributed by atoms with Crippen LogP contribution in [0.4, 0.5) is 0 Å². The number of hydrogen-bond donors (Lipinski definition) is 4. The van der Waals surface area contributed by atoms with Crippen LogP contribution in [0.2, 0.25) is 0 Å². The maximum Gasteiger partial charge on any atom is 0.225 e. The number of piperidine rings is 1. The number of aliphatic hydroxyl groups excluding tert-OH is 3. The van der Waals surface area contributed by atoms with Gasteiger partial charge in [0.25, 0.3) is 0 Å². The van der Waals surface area contributed by atoms with Gasteiger partial charge in [-0.25, -0.2) is 0 Å². The van der Waals surface area contributed by atoms with Crippen LogP contribution in [0.15, 0.2) is 0 Å². The van der Waals surface area contributed by atoms with Gasteiger partial charge in [0.1, 0.15) is 5.54 Å². The monoisotopic (exact) mass is 300 g/mol. The first-order valence-corrected chi connectivity index (χ1v) is 7.48. The lowest BCUT2D eigenvalue weighted by Crippen LogP contribution is -2.59. The van der Waals surface area contributed by atoms with Gasteiger partial charge in [0, 0.05) is 24.9 Å². The second-order valence-corrected chi connectivity index (χ2v) is 6.12. The SMILES string of the molecule is O=C(NC(CO)(CO)CO)C1CCN(C(=O)C2CC2)CC1. The van der Waals surface area contributed by atoms with Gasteiger partial charge in [-0.1, -0.05) is 0 Å². The second kappa shape index (κ2) is 6.72. The molecule has 0 radical (unpaired) electrons. The van der Waals surface area contributed by atoms with Crippen LogP contribution in [0.3, 0.4) is 0 Å². The maximum absolute atomic E-state index is 12.2. The van der Waals surface area contributed by atoms with Gasteiger partial charge in [0.15, 0.2) is 0 Å². The van der Waals surface area contributed by atoms with Crippen molar-refractivity contribution in [2.45, 2.75) is 31.2 Å². The number of carbonyl (C=O) groups is 2. The normalized spacial score (nSPS) is 20.4. The van der Waals surface area contributed by atoms with E-state index >= 15 is 0 Å². The molecule has 0 bridgehead atoms. The van der Waals surface area contributed by atoms with Crippen molar-refractivity contribution in [1.29, 1.82) is 0 Å². The summed E-state index contributed by atoms with van der Waals surface area (Å²) < 4.78 is 0. The molecule has 2 fully saturated rings. The Kier molecular flexibility index (Phi) is 5.18. The van der Waals surface area contributed by atoms with Gasteiger partial charge in [-0.2, -0.15) is 0 Å². The van der Waals surface area contributed by atoms with Crippen molar-refractivity contribution in [2.24, 2.45) is 11.8 Å². The van der Waals surface area contributed by atoms with E-state index in [-0.39, 0.29) is 23.7 Å². The van der Waals surface area contributed by atoms with Gasteiger partial charge in [-0.05, 0) is 25.7 Å². The first kappa shape index (κ1) is 16.2. The molecule has 120 valence electrons. The molecule has 1 saturated carbocycles. The van der Waals surface area contributed by atoms with E-state index in [2.05, 4.69) is 5.32 Å². The number of aliphatic hydroxyl groups is 3. The number of carbonyl (C=O) groups excluding carboxylic acids is 2. The van der Waals surface area contributed by atoms with Gasteiger partial charge >= 0.3 is 0 Å². The largest absolute Gasteiger partial charge is 0.394 e. The molecule has 0 aromatic rings. The number of amides is 2. The van der Waals surface area contributed by atoms with Gasteiger partial charge in [-0.15, -0.1) is 0 Å². The summed E-state index contributed by atoms with van der Waals surface area (Å²) in [6.45, 7) is -0.435. The van der Waals surface area contributed by atoms with Crippen molar-refractivity contribution in [3.8, 4) is 0 Å². The molecular weight excluding hydrogens is 276 g/mol. The Balaban J connectivity index is 1.83. The molecule has 1 heterocycles. The molecule has 0 unspecified atom stereocenters. The molecule has 2 rings (SSSR count). The third kappa shape index (κ3) is 3.72. The Morgan fingerprint density at radius 2 is 1.48 bits per heavy atom. The van der Waals surface area contributed by atoms with Crippen molar-refractivity contribution in [2.75, 3.05) is 32.9 Å². The fourth-order valence-corrected chi connectivity index (χ4v) is 2.58. The molecule has 0 atom stereocenters. The summed E-state index contributed by atoms with van der Waals surface area (Å²) >= 11 is 0. The third-order valence-corrected chi connectivity index (χ3v) is 4.40. The lowest BCUT2D eigenvalue weighted by molar-refractivity contribution is -0.138. The molecule has 21 heavy (non-hydrogen) atoms. The molecule has 0 aromatic carbocycles. The van der Waals surface area contributed by atoms with Crippen LogP contribution in [0.1, 0.15) is 25.7 Å². The molecule has 4 N–H and O–H groups in total. The molecule has 0 spiro atoms. The Morgan fingerprint density at radius 3 is 1.90 bits per heavy atom. The topological polar surface area (TPSA) is 110 Å². The molecule has 2 aliphatic rings. The standard InChI is InChI=1S/C14H24N2O5/c17-7-14(8-18,9-19)15-12(20)10-3-5-16(6-4-10)13(21)11-1-2-11/h10-11,17-19H,1-9H2,(H,15,20). The molecule has 1 saturated heterocycles. The Labute approximate surface area is 123 Å². The zero-order valence-electron chi connectivity index (χ0n) is 12.1. The van der Waals surface area contributed by atoms with Crippen LogP contribution in [0.25, 0.3) is 0 Å². The average molecular weight is 300 g/mol. The van der Waals surface area contributed by atoms with Crippen molar-refractivity contribution in [3.05, 3.63) is 0 Å². The van der Waals surface area contributed by atoms with Gasteiger partial charge in [-0.3, -0.25) is 9.59 Å². The van der Waals surface area contributed by atoms with E-state index in [0.29, 0.717) is 25.9 Å². The molecule has 0 aromatic heterocycles. The summed E-state index contributed by atoms with van der Waals surface area (Å²) in [7, 11) is 0. The van der Waals surface area contributed by atoms with Crippen LogP contribution in [-0.4, -0.2) is 70.5 Å². The van der Waals surface area contributed by atoms with Crippen LogP contribution < -0.4 is 5.32 Å².